The molecule has 0 saturated heterocycles. The summed E-state index contributed by atoms with van der Waals surface area (Å²) < 4.78 is 0. The zero-order valence-electron chi connectivity index (χ0n) is 10.6. The molecule has 1 aromatic carbocycles. The van der Waals surface area contributed by atoms with Crippen molar-refractivity contribution in [3.63, 3.8) is 0 Å². The van der Waals surface area contributed by atoms with Crippen LogP contribution >= 0.6 is 11.3 Å². The van der Waals surface area contributed by atoms with Crippen LogP contribution in [0.1, 0.15) is 4.88 Å². The Morgan fingerprint density at radius 2 is 2.10 bits per heavy atom. The van der Waals surface area contributed by atoms with E-state index in [1.807, 2.05) is 5.38 Å². The number of nitro groups is 1. The van der Waals surface area contributed by atoms with E-state index >= 15 is 0 Å². The molecule has 1 amide bonds. The number of hydrogen-bond donors (Lipinski definition) is 1. The third-order valence-electron chi connectivity index (χ3n) is 2.54. The van der Waals surface area contributed by atoms with Crippen molar-refractivity contribution in [3.8, 4) is 6.07 Å². The van der Waals surface area contributed by atoms with Gasteiger partial charge in [-0.05, 0) is 23.6 Å². The third kappa shape index (κ3) is 3.52. The average Bonchev–Trinajstić information content (AvgIpc) is 2.98. The lowest BCUT2D eigenvalue weighted by Gasteiger charge is -2.04. The number of para-hydroxylation sites is 2. The van der Waals surface area contributed by atoms with Gasteiger partial charge in [-0.3, -0.25) is 14.9 Å². The summed E-state index contributed by atoms with van der Waals surface area (Å²) in [5, 5.41) is 24.1. The lowest BCUT2D eigenvalue weighted by Crippen LogP contribution is -2.14. The monoisotopic (exact) mass is 299 g/mol. The van der Waals surface area contributed by atoms with E-state index in [4.69, 9.17) is 5.26 Å². The lowest BCUT2D eigenvalue weighted by molar-refractivity contribution is -0.383. The van der Waals surface area contributed by atoms with Crippen LogP contribution in [0.2, 0.25) is 0 Å². The first kappa shape index (κ1) is 14.4. The van der Waals surface area contributed by atoms with Crippen LogP contribution in [0.3, 0.4) is 0 Å². The molecule has 2 aromatic rings. The predicted molar refractivity (Wildman–Crippen MR) is 79.6 cm³/mol. The molecule has 0 fully saturated rings. The van der Waals surface area contributed by atoms with Crippen LogP contribution in [0.4, 0.5) is 11.4 Å². The predicted octanol–water partition coefficient (Wildman–Crippen LogP) is 3.20. The van der Waals surface area contributed by atoms with Gasteiger partial charge >= 0.3 is 0 Å². The number of nitrogens with one attached hydrogen (secondary N) is 1. The summed E-state index contributed by atoms with van der Waals surface area (Å²) in [6.45, 7) is 0. The number of benzene rings is 1. The Bertz CT molecular complexity index is 745. The lowest BCUT2D eigenvalue weighted by atomic mass is 10.2. The number of thiophene rings is 1. The standard InChI is InChI=1S/C14H9N3O3S/c15-9-10(8-11-4-3-7-21-11)14(18)16-12-5-1-2-6-13(12)17(19)20/h1-8H,(H,16,18)/b10-8+. The van der Waals surface area contributed by atoms with Gasteiger partial charge in [0.05, 0.1) is 4.92 Å². The minimum absolute atomic E-state index is 0.0554. The number of nitriles is 1. The summed E-state index contributed by atoms with van der Waals surface area (Å²) in [6.07, 6.45) is 1.44. The SMILES string of the molecule is N#C/C(=C\c1cccs1)C(=O)Nc1ccccc1[N+](=O)[O-]. The molecule has 0 atom stereocenters. The molecule has 1 aromatic heterocycles. The summed E-state index contributed by atoms with van der Waals surface area (Å²) in [6, 6.07) is 11.1. The fourth-order valence-electron chi connectivity index (χ4n) is 1.59. The Labute approximate surface area is 124 Å². The summed E-state index contributed by atoms with van der Waals surface area (Å²) in [4.78, 5) is 23.1. The van der Waals surface area contributed by atoms with Gasteiger partial charge in [-0.1, -0.05) is 18.2 Å². The molecule has 0 radical (unpaired) electrons. The Morgan fingerprint density at radius 3 is 2.71 bits per heavy atom. The highest BCUT2D eigenvalue weighted by Gasteiger charge is 2.17. The second kappa shape index (κ2) is 6.45. The molecule has 6 nitrogen and oxygen atoms in total. The van der Waals surface area contributed by atoms with Gasteiger partial charge in [0, 0.05) is 10.9 Å². The number of nitro benzene ring substituents is 1. The highest BCUT2D eigenvalue weighted by Crippen LogP contribution is 2.24. The van der Waals surface area contributed by atoms with Gasteiger partial charge < -0.3 is 5.32 Å². The molecule has 0 unspecified atom stereocenters. The van der Waals surface area contributed by atoms with Gasteiger partial charge in [-0.15, -0.1) is 11.3 Å². The Morgan fingerprint density at radius 1 is 1.33 bits per heavy atom. The van der Waals surface area contributed by atoms with Crippen LogP contribution in [0.25, 0.3) is 6.08 Å². The molecule has 21 heavy (non-hydrogen) atoms. The molecule has 0 bridgehead atoms. The zero-order chi connectivity index (χ0) is 15.2. The van der Waals surface area contributed by atoms with Crippen molar-refractivity contribution < 1.29 is 9.72 Å². The fraction of sp³-hybridized carbons (Fsp3) is 0. The molecule has 0 aliphatic rings. The number of nitrogens with zero attached hydrogens (tertiary/aromatic N) is 2. The van der Waals surface area contributed by atoms with Gasteiger partial charge in [0.15, 0.2) is 0 Å². The molecule has 1 heterocycles. The summed E-state index contributed by atoms with van der Waals surface area (Å²) in [5.74, 6) is -0.680. The summed E-state index contributed by atoms with van der Waals surface area (Å²) >= 11 is 1.38. The highest BCUT2D eigenvalue weighted by molar-refractivity contribution is 7.10. The third-order valence-corrected chi connectivity index (χ3v) is 3.36. The normalized spacial score (nSPS) is 10.7. The van der Waals surface area contributed by atoms with Crippen molar-refractivity contribution in [2.75, 3.05) is 5.32 Å². The number of carbonyl (C=O) groups is 1. The summed E-state index contributed by atoms with van der Waals surface area (Å²) in [7, 11) is 0. The minimum Gasteiger partial charge on any atom is -0.316 e. The first-order valence-electron chi connectivity index (χ1n) is 5.82. The molecule has 7 heteroatoms. The van der Waals surface area contributed by atoms with E-state index in [1.165, 1.54) is 35.6 Å². The number of carbonyl (C=O) groups excluding carboxylic acids is 1. The molecule has 0 aliphatic carbocycles. The van der Waals surface area contributed by atoms with Gasteiger partial charge in [-0.2, -0.15) is 5.26 Å². The van der Waals surface area contributed by atoms with Crippen molar-refractivity contribution in [2.24, 2.45) is 0 Å². The second-order valence-electron chi connectivity index (χ2n) is 3.91. The van der Waals surface area contributed by atoms with E-state index in [0.29, 0.717) is 0 Å². The number of hydrogen-bond acceptors (Lipinski definition) is 5. The molecular weight excluding hydrogens is 290 g/mol. The Hall–Kier alpha value is -2.98. The van der Waals surface area contributed by atoms with E-state index in [9.17, 15) is 14.9 Å². The van der Waals surface area contributed by atoms with Gasteiger partial charge in [-0.25, -0.2) is 0 Å². The molecule has 1 N–H and O–H groups in total. The van der Waals surface area contributed by atoms with Gasteiger partial charge in [0.2, 0.25) is 0 Å². The van der Waals surface area contributed by atoms with E-state index < -0.39 is 10.8 Å². The fourth-order valence-corrected chi connectivity index (χ4v) is 2.25. The molecule has 0 spiro atoms. The quantitative estimate of drug-likeness (QED) is 0.406. The van der Waals surface area contributed by atoms with Gasteiger partial charge in [0.25, 0.3) is 11.6 Å². The van der Waals surface area contributed by atoms with Crippen LogP contribution in [0.15, 0.2) is 47.4 Å². The molecule has 0 aliphatic heterocycles. The van der Waals surface area contributed by atoms with Crippen LogP contribution in [-0.2, 0) is 4.79 Å². The number of rotatable bonds is 4. The molecular formula is C14H9N3O3S. The molecule has 2 rings (SSSR count). The molecule has 0 saturated carbocycles. The van der Waals surface area contributed by atoms with Crippen molar-refractivity contribution in [1.29, 1.82) is 5.26 Å². The summed E-state index contributed by atoms with van der Waals surface area (Å²) in [5.41, 5.74) is -0.283. The highest BCUT2D eigenvalue weighted by atomic mass is 32.1. The van der Waals surface area contributed by atoms with Crippen molar-refractivity contribution >= 4 is 34.7 Å². The minimum atomic E-state index is -0.680. The van der Waals surface area contributed by atoms with E-state index in [0.717, 1.165) is 4.88 Å². The average molecular weight is 299 g/mol. The second-order valence-corrected chi connectivity index (χ2v) is 4.89. The van der Waals surface area contributed by atoms with Crippen LogP contribution in [0, 0.1) is 21.4 Å². The first-order chi connectivity index (χ1) is 10.1. The van der Waals surface area contributed by atoms with Crippen molar-refractivity contribution in [3.05, 3.63) is 62.3 Å². The Balaban J connectivity index is 2.25. The van der Waals surface area contributed by atoms with Crippen LogP contribution < -0.4 is 5.32 Å². The van der Waals surface area contributed by atoms with Crippen molar-refractivity contribution in [1.82, 2.24) is 0 Å². The smallest absolute Gasteiger partial charge is 0.292 e. The van der Waals surface area contributed by atoms with E-state index in [2.05, 4.69) is 5.32 Å². The van der Waals surface area contributed by atoms with Crippen molar-refractivity contribution in [2.45, 2.75) is 0 Å². The maximum Gasteiger partial charge on any atom is 0.292 e. The van der Waals surface area contributed by atoms with Crippen LogP contribution in [0.5, 0.6) is 0 Å². The maximum atomic E-state index is 12.0. The van der Waals surface area contributed by atoms with E-state index in [-0.39, 0.29) is 16.9 Å². The largest absolute Gasteiger partial charge is 0.316 e. The number of amides is 1. The first-order valence-corrected chi connectivity index (χ1v) is 6.70. The Kier molecular flexibility index (Phi) is 4.43. The molecule has 104 valence electrons. The van der Waals surface area contributed by atoms with E-state index in [1.54, 1.807) is 24.3 Å². The van der Waals surface area contributed by atoms with Crippen LogP contribution in [-0.4, -0.2) is 10.8 Å². The number of anilines is 1. The maximum absolute atomic E-state index is 12.0. The van der Waals surface area contributed by atoms with Gasteiger partial charge in [0.1, 0.15) is 17.3 Å². The topological polar surface area (TPSA) is 96.0 Å². The zero-order valence-corrected chi connectivity index (χ0v) is 11.5.